The van der Waals surface area contributed by atoms with Gasteiger partial charge in [0.2, 0.25) is 5.95 Å². The molecule has 0 amide bonds. The van der Waals surface area contributed by atoms with E-state index in [2.05, 4.69) is 4.98 Å². The van der Waals surface area contributed by atoms with Crippen LogP contribution < -0.4 is 5.73 Å². The summed E-state index contributed by atoms with van der Waals surface area (Å²) in [6, 6.07) is 1.91. The van der Waals surface area contributed by atoms with Gasteiger partial charge < -0.3 is 10.8 Å². The number of carboxylic acids is 1. The SMILES string of the molecule is N[C@@H](Cc1cccnc1F)C(=O)O. The minimum Gasteiger partial charge on any atom is -0.480 e. The van der Waals surface area contributed by atoms with E-state index in [-0.39, 0.29) is 12.0 Å². The van der Waals surface area contributed by atoms with E-state index >= 15 is 0 Å². The van der Waals surface area contributed by atoms with Crippen LogP contribution in [0, 0.1) is 5.95 Å². The molecule has 0 radical (unpaired) electrons. The number of carbonyl (C=O) groups is 1. The van der Waals surface area contributed by atoms with Gasteiger partial charge in [-0.05, 0) is 6.07 Å². The molecule has 0 aliphatic carbocycles. The molecule has 0 saturated heterocycles. The van der Waals surface area contributed by atoms with Crippen LogP contribution in [0.25, 0.3) is 0 Å². The Kier molecular flexibility index (Phi) is 2.92. The van der Waals surface area contributed by atoms with Crippen LogP contribution in [0.2, 0.25) is 0 Å². The van der Waals surface area contributed by atoms with Crippen LogP contribution in [-0.4, -0.2) is 22.1 Å². The van der Waals surface area contributed by atoms with Gasteiger partial charge in [-0.3, -0.25) is 4.79 Å². The van der Waals surface area contributed by atoms with Crippen LogP contribution in [0.4, 0.5) is 4.39 Å². The first-order chi connectivity index (χ1) is 6.11. The predicted octanol–water partition coefficient (Wildman–Crippen LogP) is 0.175. The second-order valence-electron chi connectivity index (χ2n) is 2.60. The van der Waals surface area contributed by atoms with Crippen molar-refractivity contribution >= 4 is 5.97 Å². The van der Waals surface area contributed by atoms with Crippen molar-refractivity contribution in [1.29, 1.82) is 0 Å². The summed E-state index contributed by atoms with van der Waals surface area (Å²) < 4.78 is 12.9. The minimum absolute atomic E-state index is 0.0466. The first-order valence-corrected chi connectivity index (χ1v) is 3.69. The van der Waals surface area contributed by atoms with Crippen LogP contribution in [0.15, 0.2) is 18.3 Å². The van der Waals surface area contributed by atoms with Gasteiger partial charge in [0, 0.05) is 18.2 Å². The van der Waals surface area contributed by atoms with E-state index in [0.29, 0.717) is 0 Å². The average Bonchev–Trinajstić information content (AvgIpc) is 2.08. The van der Waals surface area contributed by atoms with Crippen molar-refractivity contribution in [3.8, 4) is 0 Å². The maximum absolute atomic E-state index is 12.9. The molecule has 1 rings (SSSR count). The van der Waals surface area contributed by atoms with E-state index in [1.807, 2.05) is 0 Å². The van der Waals surface area contributed by atoms with Gasteiger partial charge in [-0.15, -0.1) is 0 Å². The fourth-order valence-corrected chi connectivity index (χ4v) is 0.896. The van der Waals surface area contributed by atoms with Gasteiger partial charge in [-0.1, -0.05) is 6.07 Å². The summed E-state index contributed by atoms with van der Waals surface area (Å²) in [5, 5.41) is 8.47. The highest BCUT2D eigenvalue weighted by molar-refractivity contribution is 5.73. The van der Waals surface area contributed by atoms with Crippen LogP contribution in [0.3, 0.4) is 0 Å². The summed E-state index contributed by atoms with van der Waals surface area (Å²) in [5.41, 5.74) is 5.44. The molecule has 0 saturated carbocycles. The third-order valence-electron chi connectivity index (χ3n) is 1.59. The molecule has 70 valence electrons. The lowest BCUT2D eigenvalue weighted by molar-refractivity contribution is -0.138. The quantitative estimate of drug-likeness (QED) is 0.657. The topological polar surface area (TPSA) is 76.2 Å². The van der Waals surface area contributed by atoms with Crippen molar-refractivity contribution in [2.75, 3.05) is 0 Å². The van der Waals surface area contributed by atoms with Crippen molar-refractivity contribution in [3.05, 3.63) is 29.8 Å². The molecule has 1 aromatic heterocycles. The largest absolute Gasteiger partial charge is 0.480 e. The zero-order chi connectivity index (χ0) is 9.84. The minimum atomic E-state index is -1.15. The highest BCUT2D eigenvalue weighted by Crippen LogP contribution is 2.05. The number of nitrogens with zero attached hydrogens (tertiary/aromatic N) is 1. The molecule has 0 aromatic carbocycles. The number of aromatic nitrogens is 1. The number of halogens is 1. The van der Waals surface area contributed by atoms with E-state index in [1.54, 1.807) is 0 Å². The maximum atomic E-state index is 12.9. The predicted molar refractivity (Wildman–Crippen MR) is 43.5 cm³/mol. The summed E-state index contributed by atoms with van der Waals surface area (Å²) in [6.45, 7) is 0. The molecule has 0 spiro atoms. The van der Waals surface area contributed by atoms with Crippen LogP contribution >= 0.6 is 0 Å². The van der Waals surface area contributed by atoms with E-state index in [4.69, 9.17) is 10.8 Å². The summed E-state index contributed by atoms with van der Waals surface area (Å²) in [6.07, 6.45) is 1.25. The average molecular weight is 184 g/mol. The van der Waals surface area contributed by atoms with Crippen LogP contribution in [0.1, 0.15) is 5.56 Å². The second kappa shape index (κ2) is 3.95. The first-order valence-electron chi connectivity index (χ1n) is 3.69. The standard InChI is InChI=1S/C8H9FN2O2/c9-7-5(2-1-3-11-7)4-6(10)8(12)13/h1-3,6H,4,10H2,(H,12,13)/t6-/m0/s1. The number of aliphatic carboxylic acids is 1. The highest BCUT2D eigenvalue weighted by atomic mass is 19.1. The van der Waals surface area contributed by atoms with Crippen molar-refractivity contribution in [2.24, 2.45) is 5.73 Å². The molecule has 1 heterocycles. The van der Waals surface area contributed by atoms with Gasteiger partial charge >= 0.3 is 5.97 Å². The normalized spacial score (nSPS) is 12.5. The third kappa shape index (κ3) is 2.48. The molecule has 13 heavy (non-hydrogen) atoms. The Labute approximate surface area is 74.2 Å². The van der Waals surface area contributed by atoms with E-state index in [1.165, 1.54) is 18.3 Å². The van der Waals surface area contributed by atoms with Crippen molar-refractivity contribution in [3.63, 3.8) is 0 Å². The molecule has 0 fully saturated rings. The number of hydrogen-bond donors (Lipinski definition) is 2. The van der Waals surface area contributed by atoms with E-state index in [0.717, 1.165) is 0 Å². The highest BCUT2D eigenvalue weighted by Gasteiger charge is 2.14. The molecule has 0 unspecified atom stereocenters. The Morgan fingerprint density at radius 2 is 2.46 bits per heavy atom. The first kappa shape index (κ1) is 9.60. The zero-order valence-electron chi connectivity index (χ0n) is 6.77. The summed E-state index contributed by atoms with van der Waals surface area (Å²) in [7, 11) is 0. The number of carboxylic acid groups (broad SMARTS) is 1. The zero-order valence-corrected chi connectivity index (χ0v) is 6.77. The Morgan fingerprint density at radius 3 is 3.00 bits per heavy atom. The van der Waals surface area contributed by atoms with Gasteiger partial charge in [0.05, 0.1) is 0 Å². The maximum Gasteiger partial charge on any atom is 0.320 e. The fourth-order valence-electron chi connectivity index (χ4n) is 0.896. The number of hydrogen-bond acceptors (Lipinski definition) is 3. The molecule has 3 N–H and O–H groups in total. The summed E-state index contributed by atoms with van der Waals surface area (Å²) in [5.74, 6) is -1.82. The van der Waals surface area contributed by atoms with Gasteiger partial charge in [-0.25, -0.2) is 4.98 Å². The number of pyridine rings is 1. The van der Waals surface area contributed by atoms with Crippen molar-refractivity contribution < 1.29 is 14.3 Å². The van der Waals surface area contributed by atoms with Gasteiger partial charge in [0.1, 0.15) is 6.04 Å². The van der Waals surface area contributed by atoms with Crippen LogP contribution in [0.5, 0.6) is 0 Å². The second-order valence-corrected chi connectivity index (χ2v) is 2.60. The molecular weight excluding hydrogens is 175 g/mol. The molecule has 5 heteroatoms. The Morgan fingerprint density at radius 1 is 1.77 bits per heavy atom. The molecular formula is C8H9FN2O2. The lowest BCUT2D eigenvalue weighted by atomic mass is 10.1. The number of nitrogens with two attached hydrogens (primary N) is 1. The molecule has 0 aliphatic rings. The Balaban J connectivity index is 2.74. The molecule has 0 aliphatic heterocycles. The fraction of sp³-hybridized carbons (Fsp3) is 0.250. The Hall–Kier alpha value is -1.49. The van der Waals surface area contributed by atoms with Crippen molar-refractivity contribution in [2.45, 2.75) is 12.5 Å². The lowest BCUT2D eigenvalue weighted by Gasteiger charge is -2.05. The van der Waals surface area contributed by atoms with Gasteiger partial charge in [0.25, 0.3) is 0 Å². The third-order valence-corrected chi connectivity index (χ3v) is 1.59. The smallest absolute Gasteiger partial charge is 0.320 e. The summed E-state index contributed by atoms with van der Waals surface area (Å²) in [4.78, 5) is 13.7. The van der Waals surface area contributed by atoms with Crippen molar-refractivity contribution in [1.82, 2.24) is 4.98 Å². The summed E-state index contributed by atoms with van der Waals surface area (Å²) >= 11 is 0. The van der Waals surface area contributed by atoms with E-state index in [9.17, 15) is 9.18 Å². The Bertz CT molecular complexity index is 317. The van der Waals surface area contributed by atoms with Crippen LogP contribution in [-0.2, 0) is 11.2 Å². The molecule has 0 bridgehead atoms. The van der Waals surface area contributed by atoms with E-state index < -0.39 is 18.0 Å². The molecule has 4 nitrogen and oxygen atoms in total. The molecule has 1 aromatic rings. The number of rotatable bonds is 3. The molecule has 1 atom stereocenters. The van der Waals surface area contributed by atoms with Gasteiger partial charge in [0.15, 0.2) is 0 Å². The van der Waals surface area contributed by atoms with Gasteiger partial charge in [-0.2, -0.15) is 4.39 Å². The monoisotopic (exact) mass is 184 g/mol. The lowest BCUT2D eigenvalue weighted by Crippen LogP contribution is -2.32.